The fraction of sp³-hybridized carbons (Fsp3) is 0.154. The summed E-state index contributed by atoms with van der Waals surface area (Å²) in [6.45, 7) is 0.709. The van der Waals surface area contributed by atoms with E-state index in [1.54, 1.807) is 10.9 Å². The van der Waals surface area contributed by atoms with Gasteiger partial charge in [0.05, 0.1) is 12.0 Å². The zero-order valence-electron chi connectivity index (χ0n) is 10.2. The van der Waals surface area contributed by atoms with Crippen molar-refractivity contribution in [3.05, 3.63) is 54.5 Å². The maximum atomic E-state index is 5.27. The van der Waals surface area contributed by atoms with E-state index in [1.807, 2.05) is 42.5 Å². The molecule has 0 aliphatic carbocycles. The number of hydrogen-bond acceptors (Lipinski definition) is 5. The number of tetrazole rings is 1. The van der Waals surface area contributed by atoms with Gasteiger partial charge in [-0.1, -0.05) is 23.3 Å². The van der Waals surface area contributed by atoms with E-state index in [1.165, 1.54) is 0 Å². The van der Waals surface area contributed by atoms with E-state index in [2.05, 4.69) is 20.8 Å². The number of benzene rings is 1. The van der Waals surface area contributed by atoms with Gasteiger partial charge in [-0.2, -0.15) is 4.68 Å². The fourth-order valence-corrected chi connectivity index (χ4v) is 1.79. The van der Waals surface area contributed by atoms with E-state index < -0.39 is 0 Å². The van der Waals surface area contributed by atoms with Gasteiger partial charge in [-0.05, 0) is 34.7 Å². The third-order valence-corrected chi connectivity index (χ3v) is 2.70. The molecule has 2 aromatic heterocycles. The minimum absolute atomic E-state index is 0.623. The molecule has 1 aromatic carbocycles. The Balaban J connectivity index is 1.67. The number of nitrogens with zero attached hydrogens (tertiary/aromatic N) is 4. The Morgan fingerprint density at radius 1 is 1.11 bits per heavy atom. The maximum absolute atomic E-state index is 5.27. The van der Waals surface area contributed by atoms with Crippen LogP contribution in [0.1, 0.15) is 5.76 Å². The maximum Gasteiger partial charge on any atom is 0.247 e. The first-order valence-corrected chi connectivity index (χ1v) is 6.03. The lowest BCUT2D eigenvalue weighted by molar-refractivity contribution is 0.512. The molecular weight excluding hydrogens is 242 g/mol. The summed E-state index contributed by atoms with van der Waals surface area (Å²) >= 11 is 0. The molecule has 0 saturated carbocycles. The zero-order valence-corrected chi connectivity index (χ0v) is 10.2. The van der Waals surface area contributed by atoms with Gasteiger partial charge in [-0.3, -0.25) is 0 Å². The molecule has 96 valence electrons. The molecule has 3 aromatic rings. The molecule has 0 saturated heterocycles. The Morgan fingerprint density at radius 3 is 2.79 bits per heavy atom. The normalized spacial score (nSPS) is 10.5. The number of anilines is 1. The Kier molecular flexibility index (Phi) is 3.22. The smallest absolute Gasteiger partial charge is 0.247 e. The van der Waals surface area contributed by atoms with Crippen molar-refractivity contribution in [1.29, 1.82) is 0 Å². The minimum atomic E-state index is 0.623. The largest absolute Gasteiger partial charge is 0.469 e. The van der Waals surface area contributed by atoms with Gasteiger partial charge in [0.25, 0.3) is 0 Å². The molecule has 0 aliphatic heterocycles. The lowest BCUT2D eigenvalue weighted by atomic mass is 10.3. The van der Waals surface area contributed by atoms with Crippen molar-refractivity contribution in [2.45, 2.75) is 6.42 Å². The summed E-state index contributed by atoms with van der Waals surface area (Å²) in [6.07, 6.45) is 2.46. The first-order valence-electron chi connectivity index (χ1n) is 6.03. The number of rotatable bonds is 5. The molecule has 0 amide bonds. The van der Waals surface area contributed by atoms with Crippen LogP contribution in [0.3, 0.4) is 0 Å². The molecule has 0 atom stereocenters. The van der Waals surface area contributed by atoms with E-state index in [0.29, 0.717) is 12.5 Å². The second-order valence-electron chi connectivity index (χ2n) is 4.01. The summed E-state index contributed by atoms with van der Waals surface area (Å²) in [4.78, 5) is 0. The molecule has 0 spiro atoms. The van der Waals surface area contributed by atoms with Crippen molar-refractivity contribution in [2.24, 2.45) is 0 Å². The average molecular weight is 255 g/mol. The van der Waals surface area contributed by atoms with Gasteiger partial charge in [-0.15, -0.1) is 0 Å². The van der Waals surface area contributed by atoms with Crippen LogP contribution in [-0.2, 0) is 6.42 Å². The van der Waals surface area contributed by atoms with Gasteiger partial charge in [0.1, 0.15) is 5.76 Å². The van der Waals surface area contributed by atoms with Crippen LogP contribution in [0.15, 0.2) is 53.1 Å². The topological polar surface area (TPSA) is 68.8 Å². The molecule has 2 heterocycles. The summed E-state index contributed by atoms with van der Waals surface area (Å²) < 4.78 is 6.94. The summed E-state index contributed by atoms with van der Waals surface area (Å²) in [5.41, 5.74) is 0.924. The van der Waals surface area contributed by atoms with Gasteiger partial charge in [-0.25, -0.2) is 0 Å². The highest BCUT2D eigenvalue weighted by atomic mass is 16.3. The van der Waals surface area contributed by atoms with Crippen LogP contribution in [0.2, 0.25) is 0 Å². The quantitative estimate of drug-likeness (QED) is 0.754. The number of furan rings is 1. The monoisotopic (exact) mass is 255 g/mol. The number of nitrogens with one attached hydrogen (secondary N) is 1. The highest BCUT2D eigenvalue weighted by Gasteiger charge is 2.07. The summed E-state index contributed by atoms with van der Waals surface area (Å²) in [5.74, 6) is 1.56. The van der Waals surface area contributed by atoms with Gasteiger partial charge in [0.2, 0.25) is 5.95 Å². The Hall–Kier alpha value is -2.63. The van der Waals surface area contributed by atoms with E-state index in [4.69, 9.17) is 4.42 Å². The third kappa shape index (κ3) is 2.62. The lowest BCUT2D eigenvalue weighted by Crippen LogP contribution is -2.10. The fourth-order valence-electron chi connectivity index (χ4n) is 1.79. The average Bonchev–Trinajstić information content (AvgIpc) is 3.11. The van der Waals surface area contributed by atoms with Crippen LogP contribution in [0, 0.1) is 0 Å². The first-order chi connectivity index (χ1) is 9.43. The van der Waals surface area contributed by atoms with Crippen LogP contribution in [-0.4, -0.2) is 26.8 Å². The Labute approximate surface area is 110 Å². The van der Waals surface area contributed by atoms with E-state index >= 15 is 0 Å². The lowest BCUT2D eigenvalue weighted by Gasteiger charge is -2.05. The predicted molar refractivity (Wildman–Crippen MR) is 70.1 cm³/mol. The molecule has 6 heteroatoms. The van der Waals surface area contributed by atoms with Crippen molar-refractivity contribution in [3.8, 4) is 5.69 Å². The highest BCUT2D eigenvalue weighted by molar-refractivity contribution is 5.38. The van der Waals surface area contributed by atoms with Crippen molar-refractivity contribution in [3.63, 3.8) is 0 Å². The predicted octanol–water partition coefficient (Wildman–Crippen LogP) is 1.91. The SMILES string of the molecule is c1ccc(-n2nnnc2NCCc2ccco2)cc1. The van der Waals surface area contributed by atoms with Crippen molar-refractivity contribution >= 4 is 5.95 Å². The molecular formula is C13H13N5O. The Morgan fingerprint density at radius 2 is 2.00 bits per heavy atom. The molecule has 0 bridgehead atoms. The van der Waals surface area contributed by atoms with E-state index in [9.17, 15) is 0 Å². The van der Waals surface area contributed by atoms with E-state index in [0.717, 1.165) is 17.9 Å². The van der Waals surface area contributed by atoms with Gasteiger partial charge in [0.15, 0.2) is 0 Å². The van der Waals surface area contributed by atoms with Gasteiger partial charge < -0.3 is 9.73 Å². The molecule has 3 rings (SSSR count). The van der Waals surface area contributed by atoms with Crippen LogP contribution >= 0.6 is 0 Å². The van der Waals surface area contributed by atoms with Gasteiger partial charge in [0, 0.05) is 13.0 Å². The van der Waals surface area contributed by atoms with Crippen LogP contribution in [0.4, 0.5) is 5.95 Å². The van der Waals surface area contributed by atoms with Crippen LogP contribution < -0.4 is 5.32 Å². The van der Waals surface area contributed by atoms with Gasteiger partial charge >= 0.3 is 0 Å². The number of para-hydroxylation sites is 1. The molecule has 0 unspecified atom stereocenters. The molecule has 0 radical (unpaired) electrons. The molecule has 0 aliphatic rings. The standard InChI is InChI=1S/C13H13N5O/c1-2-5-11(6-3-1)18-13(15-16-17-18)14-9-8-12-7-4-10-19-12/h1-7,10H,8-9H2,(H,14,15,17). The second kappa shape index (κ2) is 5.34. The van der Waals surface area contributed by atoms with Crippen LogP contribution in [0.5, 0.6) is 0 Å². The summed E-state index contributed by atoms with van der Waals surface area (Å²) in [6, 6.07) is 13.6. The van der Waals surface area contributed by atoms with Crippen molar-refractivity contribution in [2.75, 3.05) is 11.9 Å². The van der Waals surface area contributed by atoms with Crippen molar-refractivity contribution < 1.29 is 4.42 Å². The first kappa shape index (κ1) is 11.5. The molecule has 19 heavy (non-hydrogen) atoms. The minimum Gasteiger partial charge on any atom is -0.469 e. The molecule has 6 nitrogen and oxygen atoms in total. The zero-order chi connectivity index (χ0) is 12.9. The Bertz CT molecular complexity index is 618. The second-order valence-corrected chi connectivity index (χ2v) is 4.01. The van der Waals surface area contributed by atoms with Crippen molar-refractivity contribution in [1.82, 2.24) is 20.2 Å². The number of hydrogen-bond donors (Lipinski definition) is 1. The third-order valence-electron chi connectivity index (χ3n) is 2.70. The molecule has 0 fully saturated rings. The van der Waals surface area contributed by atoms with Crippen LogP contribution in [0.25, 0.3) is 5.69 Å². The number of aromatic nitrogens is 4. The molecule has 1 N–H and O–H groups in total. The summed E-state index contributed by atoms with van der Waals surface area (Å²) in [7, 11) is 0. The summed E-state index contributed by atoms with van der Waals surface area (Å²) in [5, 5.41) is 14.8. The van der Waals surface area contributed by atoms with E-state index in [-0.39, 0.29) is 0 Å². The highest BCUT2D eigenvalue weighted by Crippen LogP contribution is 2.10.